The minimum absolute atomic E-state index is 0.376. The Bertz CT molecular complexity index is 477. The third kappa shape index (κ3) is 2.10. The van der Waals surface area contributed by atoms with Gasteiger partial charge in [-0.15, -0.1) is 0 Å². The third-order valence-electron chi connectivity index (χ3n) is 1.93. The molecule has 0 aliphatic carbocycles. The summed E-state index contributed by atoms with van der Waals surface area (Å²) in [5.41, 5.74) is 1.38. The minimum Gasteiger partial charge on any atom is -0.244 e. The zero-order chi connectivity index (χ0) is 10.8. The summed E-state index contributed by atoms with van der Waals surface area (Å²) < 4.78 is 0. The zero-order valence-corrected chi connectivity index (χ0v) is 9.74. The van der Waals surface area contributed by atoms with Crippen molar-refractivity contribution in [3.63, 3.8) is 0 Å². The van der Waals surface area contributed by atoms with Crippen LogP contribution in [0.4, 0.5) is 0 Å². The molecule has 1 radical (unpaired) electrons. The van der Waals surface area contributed by atoms with Gasteiger partial charge in [-0.3, -0.25) is 0 Å². The van der Waals surface area contributed by atoms with Gasteiger partial charge < -0.3 is 0 Å². The van der Waals surface area contributed by atoms with Crippen molar-refractivity contribution < 1.29 is 0 Å². The molecule has 1 heterocycles. The van der Waals surface area contributed by atoms with E-state index in [1.165, 1.54) is 0 Å². The summed E-state index contributed by atoms with van der Waals surface area (Å²) in [6, 6.07) is 9.83. The Kier molecular flexibility index (Phi) is 3.15. The first-order chi connectivity index (χ1) is 7.20. The lowest BCUT2D eigenvalue weighted by atomic mass is 10.1. The second kappa shape index (κ2) is 4.40. The zero-order valence-electron chi connectivity index (χ0n) is 7.47. The molecule has 0 bridgehead atoms. The van der Waals surface area contributed by atoms with E-state index in [-0.39, 0.29) is 0 Å². The highest BCUT2D eigenvalue weighted by Crippen LogP contribution is 2.36. The largest absolute Gasteiger partial charge is 0.244 e. The van der Waals surface area contributed by atoms with Crippen LogP contribution in [0.25, 0.3) is 11.1 Å². The summed E-state index contributed by atoms with van der Waals surface area (Å²) in [5.74, 6) is 0. The Hall–Kier alpha value is -0.760. The van der Waals surface area contributed by atoms with Crippen molar-refractivity contribution in [1.29, 1.82) is 0 Å². The van der Waals surface area contributed by atoms with Gasteiger partial charge in [-0.1, -0.05) is 40.9 Å². The molecule has 2 rings (SSSR count). The first kappa shape index (κ1) is 10.7. The van der Waals surface area contributed by atoms with Crippen molar-refractivity contribution in [3.05, 3.63) is 51.7 Å². The average molecular weight is 258 g/mol. The molecule has 1 aromatic heterocycles. The number of nitrogens with zero attached hydrogens (tertiary/aromatic N) is 1. The van der Waals surface area contributed by atoms with E-state index in [1.54, 1.807) is 24.4 Å². The first-order valence-corrected chi connectivity index (χ1v) is 5.30. The summed E-state index contributed by atoms with van der Waals surface area (Å²) in [6.07, 6.45) is 1.61. The maximum absolute atomic E-state index is 6.05. The first-order valence-electron chi connectivity index (χ1n) is 4.16. The van der Waals surface area contributed by atoms with Crippen molar-refractivity contribution in [1.82, 2.24) is 4.98 Å². The van der Waals surface area contributed by atoms with Crippen LogP contribution in [0.15, 0.2) is 30.5 Å². The van der Waals surface area contributed by atoms with E-state index in [1.807, 2.05) is 6.07 Å². The van der Waals surface area contributed by atoms with E-state index >= 15 is 0 Å². The van der Waals surface area contributed by atoms with Crippen LogP contribution in [-0.4, -0.2) is 4.98 Å². The molecule has 4 heteroatoms. The molecule has 0 spiro atoms. The average Bonchev–Trinajstić information content (AvgIpc) is 2.20. The molecule has 1 aromatic carbocycles. The lowest BCUT2D eigenvalue weighted by Crippen LogP contribution is -1.85. The van der Waals surface area contributed by atoms with Crippen LogP contribution in [0, 0.1) is 6.07 Å². The van der Waals surface area contributed by atoms with E-state index in [0.29, 0.717) is 26.3 Å². The quantitative estimate of drug-likeness (QED) is 0.685. The minimum atomic E-state index is 0.376. The van der Waals surface area contributed by atoms with Crippen LogP contribution in [0.2, 0.25) is 15.2 Å². The Balaban J connectivity index is 2.69. The second-order valence-electron chi connectivity index (χ2n) is 2.86. The molecule has 0 atom stereocenters. The van der Waals surface area contributed by atoms with Gasteiger partial charge in [-0.2, -0.15) is 0 Å². The molecular formula is C11H5Cl3N. The summed E-state index contributed by atoms with van der Waals surface area (Å²) in [5, 5.41) is 1.35. The van der Waals surface area contributed by atoms with Gasteiger partial charge in [0.25, 0.3) is 0 Å². The van der Waals surface area contributed by atoms with Gasteiger partial charge in [0.05, 0.1) is 10.0 Å². The number of hydrogen-bond acceptors (Lipinski definition) is 1. The molecule has 0 aliphatic heterocycles. The SMILES string of the molecule is Clc1[c]ccc(Cl)c1-c1cccnc1Cl. The second-order valence-corrected chi connectivity index (χ2v) is 4.00. The van der Waals surface area contributed by atoms with E-state index in [2.05, 4.69) is 11.1 Å². The van der Waals surface area contributed by atoms with Gasteiger partial charge in [0.15, 0.2) is 0 Å². The molecule has 0 N–H and O–H groups in total. The molecular weight excluding hydrogens is 252 g/mol. The third-order valence-corrected chi connectivity index (χ3v) is 2.84. The smallest absolute Gasteiger partial charge is 0.136 e. The molecule has 75 valence electrons. The highest BCUT2D eigenvalue weighted by Gasteiger charge is 2.11. The molecule has 15 heavy (non-hydrogen) atoms. The van der Waals surface area contributed by atoms with Gasteiger partial charge >= 0.3 is 0 Å². The normalized spacial score (nSPS) is 10.3. The Morgan fingerprint density at radius 3 is 2.60 bits per heavy atom. The summed E-state index contributed by atoms with van der Waals surface area (Å²) >= 11 is 18.0. The Morgan fingerprint density at radius 2 is 1.93 bits per heavy atom. The fraction of sp³-hybridized carbons (Fsp3) is 0. The molecule has 0 aliphatic rings. The van der Waals surface area contributed by atoms with Crippen LogP contribution in [0.3, 0.4) is 0 Å². The lowest BCUT2D eigenvalue weighted by Gasteiger charge is -2.07. The van der Waals surface area contributed by atoms with E-state index in [0.717, 1.165) is 0 Å². The van der Waals surface area contributed by atoms with Crippen molar-refractivity contribution >= 4 is 34.8 Å². The fourth-order valence-corrected chi connectivity index (χ4v) is 2.06. The van der Waals surface area contributed by atoms with Gasteiger partial charge in [-0.05, 0) is 18.2 Å². The van der Waals surface area contributed by atoms with Crippen molar-refractivity contribution in [2.24, 2.45) is 0 Å². The molecule has 2 aromatic rings. The molecule has 0 saturated heterocycles. The Morgan fingerprint density at radius 1 is 1.13 bits per heavy atom. The topological polar surface area (TPSA) is 12.9 Å². The summed E-state index contributed by atoms with van der Waals surface area (Å²) in [4.78, 5) is 3.97. The van der Waals surface area contributed by atoms with E-state index < -0.39 is 0 Å². The number of pyridine rings is 1. The van der Waals surface area contributed by atoms with Gasteiger partial charge in [0.2, 0.25) is 0 Å². The molecule has 0 unspecified atom stereocenters. The van der Waals surface area contributed by atoms with Gasteiger partial charge in [-0.25, -0.2) is 4.98 Å². The number of aromatic nitrogens is 1. The maximum Gasteiger partial charge on any atom is 0.136 e. The maximum atomic E-state index is 6.05. The van der Waals surface area contributed by atoms with Gasteiger partial charge in [0, 0.05) is 23.4 Å². The predicted octanol–water partition coefficient (Wildman–Crippen LogP) is 4.51. The van der Waals surface area contributed by atoms with Crippen molar-refractivity contribution in [2.45, 2.75) is 0 Å². The molecule has 0 fully saturated rings. The van der Waals surface area contributed by atoms with Crippen LogP contribution in [0.5, 0.6) is 0 Å². The molecule has 0 saturated carbocycles. The van der Waals surface area contributed by atoms with E-state index in [4.69, 9.17) is 34.8 Å². The van der Waals surface area contributed by atoms with Crippen molar-refractivity contribution in [2.75, 3.05) is 0 Å². The van der Waals surface area contributed by atoms with Crippen LogP contribution < -0.4 is 0 Å². The summed E-state index contributed by atoms with van der Waals surface area (Å²) in [7, 11) is 0. The highest BCUT2D eigenvalue weighted by molar-refractivity contribution is 6.40. The van der Waals surface area contributed by atoms with Crippen molar-refractivity contribution in [3.8, 4) is 11.1 Å². The fourth-order valence-electron chi connectivity index (χ4n) is 1.27. The number of hydrogen-bond donors (Lipinski definition) is 0. The predicted molar refractivity (Wildman–Crippen MR) is 63.5 cm³/mol. The Labute approximate surface area is 103 Å². The van der Waals surface area contributed by atoms with E-state index in [9.17, 15) is 0 Å². The lowest BCUT2D eigenvalue weighted by molar-refractivity contribution is 1.33. The van der Waals surface area contributed by atoms with Crippen LogP contribution in [0.1, 0.15) is 0 Å². The standard InChI is InChI=1S/C11H5Cl3N/c12-8-4-1-5-9(13)10(8)7-3-2-6-15-11(7)14/h1-4,6H. The monoisotopic (exact) mass is 256 g/mol. The number of rotatable bonds is 1. The molecule has 1 nitrogen and oxygen atoms in total. The van der Waals surface area contributed by atoms with Crippen LogP contribution >= 0.6 is 34.8 Å². The van der Waals surface area contributed by atoms with Gasteiger partial charge in [0.1, 0.15) is 5.15 Å². The number of benzene rings is 1. The molecule has 0 amide bonds. The van der Waals surface area contributed by atoms with Crippen LogP contribution in [-0.2, 0) is 0 Å². The summed E-state index contributed by atoms with van der Waals surface area (Å²) in [6.45, 7) is 0. The highest BCUT2D eigenvalue weighted by atomic mass is 35.5. The number of halogens is 3.